The normalized spacial score (nSPS) is 12.1. The van der Waals surface area contributed by atoms with Crippen LogP contribution in [0.4, 0.5) is 5.69 Å². The molecule has 3 heteroatoms. The number of rotatable bonds is 2. The Morgan fingerprint density at radius 1 is 1.06 bits per heavy atom. The first-order valence-corrected chi connectivity index (χ1v) is 6.19. The summed E-state index contributed by atoms with van der Waals surface area (Å²) in [6.45, 7) is 11.8. The molecule has 100 valence electrons. The molecule has 3 nitrogen and oxygen atoms in total. The Hall–Kier alpha value is -1.51. The molecule has 1 rings (SSSR count). The van der Waals surface area contributed by atoms with Crippen molar-refractivity contribution in [3.63, 3.8) is 0 Å². The van der Waals surface area contributed by atoms with Gasteiger partial charge in [-0.05, 0) is 53.7 Å². The summed E-state index contributed by atoms with van der Waals surface area (Å²) in [6.07, 6.45) is 0. The first-order chi connectivity index (χ1) is 8.08. The van der Waals surface area contributed by atoms with Gasteiger partial charge in [0.15, 0.2) is 0 Å². The average Bonchev–Trinajstić information content (AvgIpc) is 2.12. The molecule has 18 heavy (non-hydrogen) atoms. The average molecular weight is 249 g/mol. The molecule has 1 aromatic carbocycles. The molecule has 0 saturated heterocycles. The van der Waals surface area contributed by atoms with Crippen molar-refractivity contribution in [1.82, 2.24) is 0 Å². The molecule has 0 heterocycles. The van der Waals surface area contributed by atoms with Crippen molar-refractivity contribution in [1.29, 1.82) is 0 Å². The highest BCUT2D eigenvalue weighted by molar-refractivity contribution is 5.96. The molecule has 0 atom stereocenters. The predicted octanol–water partition coefficient (Wildman–Crippen LogP) is 3.85. The van der Waals surface area contributed by atoms with Crippen LogP contribution in [0, 0.1) is 0 Å². The number of hydrogen-bond donors (Lipinski definition) is 1. The smallest absolute Gasteiger partial charge is 0.340 e. The van der Waals surface area contributed by atoms with E-state index in [1.54, 1.807) is 6.07 Å². The Balaban J connectivity index is 2.99. The van der Waals surface area contributed by atoms with E-state index >= 15 is 0 Å². The Labute approximate surface area is 110 Å². The summed E-state index contributed by atoms with van der Waals surface area (Å²) in [5.41, 5.74) is 0.797. The van der Waals surface area contributed by atoms with Crippen LogP contribution >= 0.6 is 0 Å². The van der Waals surface area contributed by atoms with Crippen LogP contribution in [0.3, 0.4) is 0 Å². The third-order valence-electron chi connectivity index (χ3n) is 2.06. The second kappa shape index (κ2) is 5.01. The lowest BCUT2D eigenvalue weighted by molar-refractivity contribution is 0.00707. The van der Waals surface area contributed by atoms with Crippen molar-refractivity contribution in [3.05, 3.63) is 29.8 Å². The number of nitrogens with one attached hydrogen (secondary N) is 1. The molecule has 0 radical (unpaired) electrons. The van der Waals surface area contributed by atoms with Crippen molar-refractivity contribution in [2.75, 3.05) is 5.32 Å². The van der Waals surface area contributed by atoms with E-state index in [1.165, 1.54) is 0 Å². The van der Waals surface area contributed by atoms with E-state index in [-0.39, 0.29) is 11.5 Å². The summed E-state index contributed by atoms with van der Waals surface area (Å²) in [6, 6.07) is 7.42. The number of anilines is 1. The largest absolute Gasteiger partial charge is 0.456 e. The molecular weight excluding hydrogens is 226 g/mol. The Morgan fingerprint density at radius 3 is 2.11 bits per heavy atom. The van der Waals surface area contributed by atoms with Crippen LogP contribution in [-0.4, -0.2) is 17.1 Å². The van der Waals surface area contributed by atoms with Crippen molar-refractivity contribution < 1.29 is 9.53 Å². The van der Waals surface area contributed by atoms with Gasteiger partial charge in [-0.25, -0.2) is 4.79 Å². The fourth-order valence-corrected chi connectivity index (χ4v) is 1.51. The molecule has 0 aliphatic heterocycles. The third kappa shape index (κ3) is 4.78. The van der Waals surface area contributed by atoms with Crippen molar-refractivity contribution in [2.45, 2.75) is 52.7 Å². The number of carbonyl (C=O) groups excluding carboxylic acids is 1. The fraction of sp³-hybridized carbons (Fsp3) is 0.533. The Bertz CT molecular complexity index is 425. The van der Waals surface area contributed by atoms with E-state index in [0.29, 0.717) is 5.56 Å². The van der Waals surface area contributed by atoms with Gasteiger partial charge in [0.05, 0.1) is 5.56 Å². The van der Waals surface area contributed by atoms with Crippen LogP contribution in [0.1, 0.15) is 51.9 Å². The van der Waals surface area contributed by atoms with Crippen LogP contribution in [0.25, 0.3) is 0 Å². The van der Waals surface area contributed by atoms with E-state index in [4.69, 9.17) is 4.74 Å². The van der Waals surface area contributed by atoms with Gasteiger partial charge < -0.3 is 10.1 Å². The summed E-state index contributed by atoms with van der Waals surface area (Å²) in [5, 5.41) is 3.32. The highest BCUT2D eigenvalue weighted by Crippen LogP contribution is 2.22. The van der Waals surface area contributed by atoms with Crippen LogP contribution in [-0.2, 0) is 4.74 Å². The second-order valence-electron chi connectivity index (χ2n) is 6.42. The molecular formula is C15H23NO2. The lowest BCUT2D eigenvalue weighted by Gasteiger charge is -2.25. The zero-order chi connectivity index (χ0) is 14.0. The summed E-state index contributed by atoms with van der Waals surface area (Å²) in [5.74, 6) is -0.296. The Kier molecular flexibility index (Phi) is 4.05. The maximum atomic E-state index is 12.1. The SMILES string of the molecule is CC(C)(C)Nc1ccccc1C(=O)OC(C)(C)C. The van der Waals surface area contributed by atoms with Crippen LogP contribution in [0.5, 0.6) is 0 Å². The number of esters is 1. The molecule has 1 aromatic rings. The monoisotopic (exact) mass is 249 g/mol. The zero-order valence-corrected chi connectivity index (χ0v) is 12.1. The predicted molar refractivity (Wildman–Crippen MR) is 75.0 cm³/mol. The van der Waals surface area contributed by atoms with Gasteiger partial charge in [0.1, 0.15) is 5.60 Å². The number of para-hydroxylation sites is 1. The quantitative estimate of drug-likeness (QED) is 0.809. The maximum Gasteiger partial charge on any atom is 0.340 e. The molecule has 0 bridgehead atoms. The molecule has 0 amide bonds. The van der Waals surface area contributed by atoms with Gasteiger partial charge in [-0.1, -0.05) is 12.1 Å². The molecule has 0 aliphatic rings. The van der Waals surface area contributed by atoms with Gasteiger partial charge in [-0.2, -0.15) is 0 Å². The van der Waals surface area contributed by atoms with Crippen molar-refractivity contribution in [3.8, 4) is 0 Å². The zero-order valence-electron chi connectivity index (χ0n) is 12.1. The highest BCUT2D eigenvalue weighted by Gasteiger charge is 2.21. The van der Waals surface area contributed by atoms with Crippen LogP contribution < -0.4 is 5.32 Å². The first-order valence-electron chi connectivity index (χ1n) is 6.19. The number of carbonyl (C=O) groups is 1. The summed E-state index contributed by atoms with van der Waals surface area (Å²) in [4.78, 5) is 12.1. The van der Waals surface area contributed by atoms with Gasteiger partial charge >= 0.3 is 5.97 Å². The van der Waals surface area contributed by atoms with Gasteiger partial charge in [0, 0.05) is 11.2 Å². The highest BCUT2D eigenvalue weighted by atomic mass is 16.6. The summed E-state index contributed by atoms with van der Waals surface area (Å²) in [7, 11) is 0. The molecule has 1 N–H and O–H groups in total. The van der Waals surface area contributed by atoms with Gasteiger partial charge in [-0.3, -0.25) is 0 Å². The lowest BCUT2D eigenvalue weighted by Crippen LogP contribution is -2.29. The molecule has 0 saturated carbocycles. The van der Waals surface area contributed by atoms with Crippen LogP contribution in [0.2, 0.25) is 0 Å². The van der Waals surface area contributed by atoms with Crippen molar-refractivity contribution >= 4 is 11.7 Å². The standard InChI is InChI=1S/C15H23NO2/c1-14(2,3)16-12-10-8-7-9-11(12)13(17)18-15(4,5)6/h7-10,16H,1-6H3. The van der Waals surface area contributed by atoms with E-state index in [1.807, 2.05) is 39.0 Å². The molecule has 0 aliphatic carbocycles. The van der Waals surface area contributed by atoms with E-state index < -0.39 is 5.60 Å². The van der Waals surface area contributed by atoms with E-state index in [2.05, 4.69) is 26.1 Å². The van der Waals surface area contributed by atoms with Crippen molar-refractivity contribution in [2.24, 2.45) is 0 Å². The number of benzene rings is 1. The number of hydrogen-bond acceptors (Lipinski definition) is 3. The molecule has 0 spiro atoms. The lowest BCUT2D eigenvalue weighted by atomic mass is 10.1. The third-order valence-corrected chi connectivity index (χ3v) is 2.06. The van der Waals surface area contributed by atoms with Gasteiger partial charge in [0.25, 0.3) is 0 Å². The first kappa shape index (κ1) is 14.6. The van der Waals surface area contributed by atoms with E-state index in [0.717, 1.165) is 5.69 Å². The maximum absolute atomic E-state index is 12.1. The Morgan fingerprint density at radius 2 is 1.61 bits per heavy atom. The minimum absolute atomic E-state index is 0.0991. The minimum atomic E-state index is -0.480. The number of ether oxygens (including phenoxy) is 1. The molecule has 0 fully saturated rings. The molecule has 0 unspecified atom stereocenters. The fourth-order valence-electron chi connectivity index (χ4n) is 1.51. The van der Waals surface area contributed by atoms with Crippen LogP contribution in [0.15, 0.2) is 24.3 Å². The molecule has 0 aromatic heterocycles. The second-order valence-corrected chi connectivity index (χ2v) is 6.42. The minimum Gasteiger partial charge on any atom is -0.456 e. The summed E-state index contributed by atoms with van der Waals surface area (Å²) < 4.78 is 5.40. The topological polar surface area (TPSA) is 38.3 Å². The van der Waals surface area contributed by atoms with Gasteiger partial charge in [-0.15, -0.1) is 0 Å². The van der Waals surface area contributed by atoms with E-state index in [9.17, 15) is 4.79 Å². The van der Waals surface area contributed by atoms with Gasteiger partial charge in [0.2, 0.25) is 0 Å². The summed E-state index contributed by atoms with van der Waals surface area (Å²) >= 11 is 0.